The van der Waals surface area contributed by atoms with Crippen LogP contribution in [-0.2, 0) is 31.8 Å². The zero-order chi connectivity index (χ0) is 31.1. The Morgan fingerprint density at radius 2 is 1.74 bits per heavy atom. The number of amides is 2. The Balaban J connectivity index is 1.86. The maximum Gasteiger partial charge on any atom is 0.509 e. The molecule has 3 rings (SSSR count). The summed E-state index contributed by atoms with van der Waals surface area (Å²) in [7, 11) is 1.56. The first-order valence-corrected chi connectivity index (χ1v) is 13.6. The Hall–Kier alpha value is -4.47. The Bertz CT molecular complexity index is 1270. The van der Waals surface area contributed by atoms with Crippen molar-refractivity contribution in [2.45, 2.75) is 83.8 Å². The maximum absolute atomic E-state index is 13.3. The molecule has 1 fully saturated rings. The number of hydrogen-bond acceptors (Lipinski definition) is 10. The van der Waals surface area contributed by atoms with Crippen LogP contribution in [0.2, 0.25) is 0 Å². The molecule has 228 valence electrons. The van der Waals surface area contributed by atoms with Gasteiger partial charge in [-0.3, -0.25) is 10.00 Å². The first-order valence-electron chi connectivity index (χ1n) is 13.6. The predicted octanol–water partition coefficient (Wildman–Crippen LogP) is 4.11. The average molecular weight is 586 g/mol. The van der Waals surface area contributed by atoms with Gasteiger partial charge in [0.2, 0.25) is 0 Å². The molecule has 0 spiro atoms. The number of rotatable bonds is 8. The highest BCUT2D eigenvalue weighted by Gasteiger charge is 2.50. The minimum atomic E-state index is -1.06. The molecule has 1 saturated heterocycles. The highest BCUT2D eigenvalue weighted by Crippen LogP contribution is 2.30. The molecule has 1 aromatic heterocycles. The lowest BCUT2D eigenvalue weighted by molar-refractivity contribution is -0.0517. The van der Waals surface area contributed by atoms with Crippen molar-refractivity contribution in [2.75, 3.05) is 20.2 Å². The van der Waals surface area contributed by atoms with Gasteiger partial charge >= 0.3 is 18.3 Å². The highest BCUT2D eigenvalue weighted by molar-refractivity contribution is 5.71. The third-order valence-electron chi connectivity index (χ3n) is 6.12. The van der Waals surface area contributed by atoms with Gasteiger partial charge in [-0.2, -0.15) is 10.4 Å². The van der Waals surface area contributed by atoms with Crippen LogP contribution in [0.3, 0.4) is 0 Å². The number of nitrogens with zero attached hydrogens (tertiary/aromatic N) is 3. The molecular formula is C29H39N5O8. The Kier molecular flexibility index (Phi) is 10.3. The van der Waals surface area contributed by atoms with Crippen LogP contribution in [0, 0.1) is 11.3 Å². The van der Waals surface area contributed by atoms with Crippen molar-refractivity contribution in [3.05, 3.63) is 47.3 Å². The van der Waals surface area contributed by atoms with Crippen LogP contribution < -0.4 is 10.1 Å². The third kappa shape index (κ3) is 9.29. The van der Waals surface area contributed by atoms with E-state index >= 15 is 0 Å². The number of H-pyrrole nitrogens is 1. The van der Waals surface area contributed by atoms with Crippen molar-refractivity contribution in [1.29, 1.82) is 5.26 Å². The molecule has 1 aliphatic heterocycles. The topological polar surface area (TPSA) is 165 Å². The highest BCUT2D eigenvalue weighted by atomic mass is 16.7. The molecule has 13 heteroatoms. The Morgan fingerprint density at radius 1 is 1.07 bits per heavy atom. The number of ether oxygens (including phenoxy) is 5. The molecule has 2 N–H and O–H groups in total. The van der Waals surface area contributed by atoms with E-state index in [9.17, 15) is 19.6 Å². The van der Waals surface area contributed by atoms with Crippen LogP contribution in [0.5, 0.6) is 5.75 Å². The van der Waals surface area contributed by atoms with Crippen molar-refractivity contribution in [3.63, 3.8) is 0 Å². The standard InChI is InChI=1S/C29H39N5O8/c1-28(2,3)41-26(36)34-17-23(39-27(37)42-29(4,5)6)24(22(34)14-18-8-10-20(38-7)11-9-18)40-25(35)31-13-12-21-19(15-30)16-32-33-21/h8-11,16,22-24H,12-14,17H2,1-7H3,(H,31,35)(H,32,33)/t22-,23+,24+/m1/s1. The number of aromatic nitrogens is 2. The predicted molar refractivity (Wildman–Crippen MR) is 150 cm³/mol. The van der Waals surface area contributed by atoms with Gasteiger partial charge in [0.05, 0.1) is 37.2 Å². The molecule has 0 saturated carbocycles. The molecule has 2 amide bonds. The molecule has 0 unspecified atom stereocenters. The quantitative estimate of drug-likeness (QED) is 0.340. The molecule has 0 radical (unpaired) electrons. The average Bonchev–Trinajstić information content (AvgIpc) is 3.47. The van der Waals surface area contributed by atoms with Gasteiger partial charge in [0.1, 0.15) is 23.0 Å². The number of benzene rings is 1. The monoisotopic (exact) mass is 585 g/mol. The minimum absolute atomic E-state index is 0.0907. The van der Waals surface area contributed by atoms with Crippen LogP contribution in [0.4, 0.5) is 14.4 Å². The fraction of sp³-hybridized carbons (Fsp3) is 0.552. The largest absolute Gasteiger partial charge is 0.509 e. The van der Waals surface area contributed by atoms with E-state index < -0.39 is 47.8 Å². The smallest absolute Gasteiger partial charge is 0.497 e. The van der Waals surface area contributed by atoms with Crippen molar-refractivity contribution >= 4 is 18.3 Å². The maximum atomic E-state index is 13.3. The summed E-state index contributed by atoms with van der Waals surface area (Å²) in [5, 5.41) is 18.4. The van der Waals surface area contributed by atoms with Crippen molar-refractivity contribution in [3.8, 4) is 11.8 Å². The molecule has 42 heavy (non-hydrogen) atoms. The summed E-state index contributed by atoms with van der Waals surface area (Å²) in [5.41, 5.74) is 0.141. The van der Waals surface area contributed by atoms with Gasteiger partial charge in [0.15, 0.2) is 12.2 Å². The number of carbonyl (C=O) groups excluding carboxylic acids is 3. The molecular weight excluding hydrogens is 546 g/mol. The summed E-state index contributed by atoms with van der Waals surface area (Å²) in [4.78, 5) is 40.4. The normalized spacial score (nSPS) is 18.5. The third-order valence-corrected chi connectivity index (χ3v) is 6.12. The summed E-state index contributed by atoms with van der Waals surface area (Å²) < 4.78 is 27.7. The van der Waals surface area contributed by atoms with E-state index in [-0.39, 0.29) is 19.5 Å². The van der Waals surface area contributed by atoms with Crippen LogP contribution in [-0.4, -0.2) is 83.1 Å². The summed E-state index contributed by atoms with van der Waals surface area (Å²) in [6.07, 6.45) is -2.53. The van der Waals surface area contributed by atoms with Gasteiger partial charge in [0.25, 0.3) is 0 Å². The van der Waals surface area contributed by atoms with E-state index in [4.69, 9.17) is 23.7 Å². The van der Waals surface area contributed by atoms with E-state index in [1.165, 1.54) is 11.1 Å². The van der Waals surface area contributed by atoms with Crippen LogP contribution >= 0.6 is 0 Å². The zero-order valence-electron chi connectivity index (χ0n) is 25.1. The summed E-state index contributed by atoms with van der Waals surface area (Å²) in [6, 6.07) is 8.51. The van der Waals surface area contributed by atoms with Crippen LogP contribution in [0.15, 0.2) is 30.5 Å². The Morgan fingerprint density at radius 3 is 2.33 bits per heavy atom. The second-order valence-electron chi connectivity index (χ2n) is 11.8. The van der Waals surface area contributed by atoms with Crippen LogP contribution in [0.25, 0.3) is 0 Å². The fourth-order valence-corrected chi connectivity index (χ4v) is 4.33. The molecule has 13 nitrogen and oxygen atoms in total. The second kappa shape index (κ2) is 13.5. The lowest BCUT2D eigenvalue weighted by Gasteiger charge is -2.30. The summed E-state index contributed by atoms with van der Waals surface area (Å²) in [5.74, 6) is 0.657. The van der Waals surface area contributed by atoms with Gasteiger partial charge in [0, 0.05) is 13.0 Å². The van der Waals surface area contributed by atoms with Gasteiger partial charge < -0.3 is 29.0 Å². The van der Waals surface area contributed by atoms with E-state index in [1.807, 2.05) is 18.2 Å². The van der Waals surface area contributed by atoms with Crippen LogP contribution in [0.1, 0.15) is 58.4 Å². The molecule has 0 bridgehead atoms. The number of carbonyl (C=O) groups is 3. The summed E-state index contributed by atoms with van der Waals surface area (Å²) in [6.45, 7) is 10.4. The SMILES string of the molecule is COc1ccc(C[C@@H]2[C@H](OC(=O)NCCc3[nH]ncc3C#N)[C@@H](OC(=O)OC(C)(C)C)CN2C(=O)OC(C)(C)C)cc1. The molecule has 2 aromatic rings. The first kappa shape index (κ1) is 32.0. The molecule has 1 aliphatic rings. The van der Waals surface area contributed by atoms with E-state index in [1.54, 1.807) is 60.8 Å². The molecule has 1 aromatic carbocycles. The van der Waals surface area contributed by atoms with Crippen molar-refractivity contribution in [2.24, 2.45) is 0 Å². The minimum Gasteiger partial charge on any atom is -0.497 e. The number of alkyl carbamates (subject to hydrolysis) is 1. The van der Waals surface area contributed by atoms with Gasteiger partial charge in [-0.05, 0) is 65.7 Å². The fourth-order valence-electron chi connectivity index (χ4n) is 4.33. The lowest BCUT2D eigenvalue weighted by atomic mass is 10.0. The number of aromatic amines is 1. The summed E-state index contributed by atoms with van der Waals surface area (Å²) >= 11 is 0. The van der Waals surface area contributed by atoms with Crippen molar-refractivity contribution < 1.29 is 38.1 Å². The molecule has 3 atom stereocenters. The van der Waals surface area contributed by atoms with E-state index in [0.29, 0.717) is 23.4 Å². The second-order valence-corrected chi connectivity index (χ2v) is 11.8. The van der Waals surface area contributed by atoms with E-state index in [0.717, 1.165) is 5.56 Å². The number of nitriles is 1. The first-order chi connectivity index (χ1) is 19.7. The van der Waals surface area contributed by atoms with Gasteiger partial charge in [-0.1, -0.05) is 12.1 Å². The number of hydrogen-bond donors (Lipinski definition) is 2. The number of likely N-dealkylation sites (tertiary alicyclic amines) is 1. The molecule has 2 heterocycles. The van der Waals surface area contributed by atoms with E-state index in [2.05, 4.69) is 15.5 Å². The number of methoxy groups -OCH3 is 1. The number of nitrogens with one attached hydrogen (secondary N) is 2. The molecule has 0 aliphatic carbocycles. The zero-order valence-corrected chi connectivity index (χ0v) is 25.1. The van der Waals surface area contributed by atoms with Gasteiger partial charge in [-0.25, -0.2) is 14.4 Å². The lowest BCUT2D eigenvalue weighted by Crippen LogP contribution is -2.46. The Labute approximate surface area is 245 Å². The van der Waals surface area contributed by atoms with Gasteiger partial charge in [-0.15, -0.1) is 0 Å². The van der Waals surface area contributed by atoms with Crippen molar-refractivity contribution in [1.82, 2.24) is 20.4 Å².